The van der Waals surface area contributed by atoms with Crippen molar-refractivity contribution < 1.29 is 0 Å². The van der Waals surface area contributed by atoms with Gasteiger partial charge in [0.15, 0.2) is 5.65 Å². The molecule has 0 saturated carbocycles. The van der Waals surface area contributed by atoms with Crippen molar-refractivity contribution in [3.05, 3.63) is 18.2 Å². The molecule has 2 aromatic rings. The van der Waals surface area contributed by atoms with Crippen molar-refractivity contribution in [1.29, 1.82) is 0 Å². The van der Waals surface area contributed by atoms with Crippen LogP contribution in [0.3, 0.4) is 0 Å². The standard InChI is InChI=1S/C7H9N5/c1-12-3-5-6(2-8)9-4-10-7(5)11-12/h3-4H,2,8H2,1H3. The average Bonchev–Trinajstić information content (AvgIpc) is 2.44. The Labute approximate surface area is 69.2 Å². The van der Waals surface area contributed by atoms with E-state index in [1.54, 1.807) is 4.68 Å². The van der Waals surface area contributed by atoms with E-state index in [4.69, 9.17) is 5.73 Å². The second-order valence-electron chi connectivity index (χ2n) is 2.56. The molecule has 0 unspecified atom stereocenters. The van der Waals surface area contributed by atoms with Gasteiger partial charge >= 0.3 is 0 Å². The number of fused-ring (bicyclic) bond motifs is 1. The summed E-state index contributed by atoms with van der Waals surface area (Å²) in [5.41, 5.74) is 7.04. The summed E-state index contributed by atoms with van der Waals surface area (Å²) >= 11 is 0. The van der Waals surface area contributed by atoms with Crippen LogP contribution in [0.1, 0.15) is 5.69 Å². The molecule has 62 valence electrons. The fourth-order valence-corrected chi connectivity index (χ4v) is 1.16. The number of nitrogens with two attached hydrogens (primary N) is 1. The van der Waals surface area contributed by atoms with Crippen molar-refractivity contribution in [3.63, 3.8) is 0 Å². The molecule has 2 heterocycles. The van der Waals surface area contributed by atoms with E-state index in [9.17, 15) is 0 Å². The van der Waals surface area contributed by atoms with Gasteiger partial charge in [-0.15, -0.1) is 0 Å². The molecule has 0 fully saturated rings. The maximum Gasteiger partial charge on any atom is 0.184 e. The maximum absolute atomic E-state index is 5.50. The van der Waals surface area contributed by atoms with Crippen molar-refractivity contribution in [1.82, 2.24) is 19.7 Å². The van der Waals surface area contributed by atoms with Crippen molar-refractivity contribution in [2.75, 3.05) is 0 Å². The molecule has 0 aromatic carbocycles. The van der Waals surface area contributed by atoms with E-state index < -0.39 is 0 Å². The SMILES string of the molecule is Cn1cc2c(CN)ncnc2n1. The second-order valence-corrected chi connectivity index (χ2v) is 2.56. The van der Waals surface area contributed by atoms with Crippen LogP contribution >= 0.6 is 0 Å². The first-order valence-electron chi connectivity index (χ1n) is 3.64. The predicted molar refractivity (Wildman–Crippen MR) is 44.2 cm³/mol. The number of hydrogen-bond donors (Lipinski definition) is 1. The molecule has 5 heteroatoms. The number of hydrogen-bond acceptors (Lipinski definition) is 4. The molecule has 0 radical (unpaired) electrons. The van der Waals surface area contributed by atoms with E-state index in [1.165, 1.54) is 6.33 Å². The zero-order valence-corrected chi connectivity index (χ0v) is 6.73. The van der Waals surface area contributed by atoms with Gasteiger partial charge in [0.2, 0.25) is 0 Å². The molecule has 0 aliphatic rings. The van der Waals surface area contributed by atoms with Crippen molar-refractivity contribution >= 4 is 11.0 Å². The van der Waals surface area contributed by atoms with Crippen LogP contribution in [0, 0.1) is 0 Å². The minimum Gasteiger partial charge on any atom is -0.325 e. The Morgan fingerprint density at radius 3 is 3.08 bits per heavy atom. The summed E-state index contributed by atoms with van der Waals surface area (Å²) < 4.78 is 1.71. The Balaban J connectivity index is 2.78. The van der Waals surface area contributed by atoms with E-state index in [0.717, 1.165) is 11.1 Å². The lowest BCUT2D eigenvalue weighted by molar-refractivity contribution is 0.775. The van der Waals surface area contributed by atoms with Crippen LogP contribution in [0.2, 0.25) is 0 Å². The molecule has 0 bridgehead atoms. The van der Waals surface area contributed by atoms with Crippen LogP contribution in [0.4, 0.5) is 0 Å². The monoisotopic (exact) mass is 163 g/mol. The summed E-state index contributed by atoms with van der Waals surface area (Å²) in [6, 6.07) is 0. The predicted octanol–water partition coefficient (Wildman–Crippen LogP) is -0.178. The van der Waals surface area contributed by atoms with Gasteiger partial charge in [-0.2, -0.15) is 5.10 Å². The molecule has 0 aliphatic carbocycles. The molecule has 0 saturated heterocycles. The number of aryl methyl sites for hydroxylation is 1. The quantitative estimate of drug-likeness (QED) is 0.633. The first kappa shape index (κ1) is 7.17. The van der Waals surface area contributed by atoms with E-state index >= 15 is 0 Å². The minimum atomic E-state index is 0.421. The van der Waals surface area contributed by atoms with Crippen LogP contribution in [-0.2, 0) is 13.6 Å². The molecule has 0 spiro atoms. The van der Waals surface area contributed by atoms with Crippen LogP contribution in [-0.4, -0.2) is 19.7 Å². The molecule has 0 aliphatic heterocycles. The normalized spacial score (nSPS) is 10.8. The molecule has 12 heavy (non-hydrogen) atoms. The van der Waals surface area contributed by atoms with Gasteiger partial charge in [0.25, 0.3) is 0 Å². The molecule has 2 aromatic heterocycles. The summed E-state index contributed by atoms with van der Waals surface area (Å²) in [5.74, 6) is 0. The molecular formula is C7H9N5. The number of nitrogens with zero attached hydrogens (tertiary/aromatic N) is 4. The summed E-state index contributed by atoms with van der Waals surface area (Å²) in [6.45, 7) is 0.421. The molecular weight excluding hydrogens is 154 g/mol. The molecule has 0 amide bonds. The second kappa shape index (κ2) is 2.53. The highest BCUT2D eigenvalue weighted by Crippen LogP contribution is 2.10. The van der Waals surface area contributed by atoms with Gasteiger partial charge in [-0.25, -0.2) is 9.97 Å². The smallest absolute Gasteiger partial charge is 0.184 e. The highest BCUT2D eigenvalue weighted by molar-refractivity contribution is 5.76. The topological polar surface area (TPSA) is 69.6 Å². The Kier molecular flexibility index (Phi) is 1.51. The van der Waals surface area contributed by atoms with E-state index in [2.05, 4.69) is 15.1 Å². The lowest BCUT2D eigenvalue weighted by Crippen LogP contribution is -2.00. The first-order valence-corrected chi connectivity index (χ1v) is 3.64. The van der Waals surface area contributed by atoms with Gasteiger partial charge in [-0.05, 0) is 0 Å². The third-order valence-corrected chi connectivity index (χ3v) is 1.71. The Hall–Kier alpha value is -1.49. The average molecular weight is 163 g/mol. The molecule has 5 nitrogen and oxygen atoms in total. The van der Waals surface area contributed by atoms with E-state index in [1.807, 2.05) is 13.2 Å². The Morgan fingerprint density at radius 2 is 2.33 bits per heavy atom. The van der Waals surface area contributed by atoms with Crippen molar-refractivity contribution in [3.8, 4) is 0 Å². The Morgan fingerprint density at radius 1 is 1.50 bits per heavy atom. The number of aromatic nitrogens is 4. The van der Waals surface area contributed by atoms with Crippen LogP contribution < -0.4 is 5.73 Å². The summed E-state index contributed by atoms with van der Waals surface area (Å²) in [5, 5.41) is 5.06. The number of rotatable bonds is 1. The Bertz CT molecular complexity index is 405. The molecule has 0 atom stereocenters. The van der Waals surface area contributed by atoms with Crippen molar-refractivity contribution in [2.45, 2.75) is 6.54 Å². The third kappa shape index (κ3) is 0.947. The fraction of sp³-hybridized carbons (Fsp3) is 0.286. The lowest BCUT2D eigenvalue weighted by Gasteiger charge is -1.93. The van der Waals surface area contributed by atoms with Gasteiger partial charge in [-0.1, -0.05) is 0 Å². The van der Waals surface area contributed by atoms with Gasteiger partial charge in [0.1, 0.15) is 6.33 Å². The van der Waals surface area contributed by atoms with Gasteiger partial charge in [0.05, 0.1) is 11.1 Å². The van der Waals surface area contributed by atoms with Crippen LogP contribution in [0.15, 0.2) is 12.5 Å². The summed E-state index contributed by atoms with van der Waals surface area (Å²) in [4.78, 5) is 8.06. The zero-order valence-electron chi connectivity index (χ0n) is 6.73. The maximum atomic E-state index is 5.50. The lowest BCUT2D eigenvalue weighted by atomic mass is 10.3. The summed E-state index contributed by atoms with van der Waals surface area (Å²) in [6.07, 6.45) is 3.36. The van der Waals surface area contributed by atoms with E-state index in [-0.39, 0.29) is 0 Å². The van der Waals surface area contributed by atoms with Gasteiger partial charge in [0, 0.05) is 19.8 Å². The first-order chi connectivity index (χ1) is 5.81. The zero-order chi connectivity index (χ0) is 8.55. The third-order valence-electron chi connectivity index (χ3n) is 1.71. The molecule has 2 rings (SSSR count). The largest absolute Gasteiger partial charge is 0.325 e. The minimum absolute atomic E-state index is 0.421. The van der Waals surface area contributed by atoms with Crippen LogP contribution in [0.5, 0.6) is 0 Å². The van der Waals surface area contributed by atoms with Crippen LogP contribution in [0.25, 0.3) is 11.0 Å². The van der Waals surface area contributed by atoms with E-state index in [0.29, 0.717) is 12.2 Å². The highest BCUT2D eigenvalue weighted by Gasteiger charge is 2.04. The van der Waals surface area contributed by atoms with Gasteiger partial charge < -0.3 is 5.73 Å². The molecule has 2 N–H and O–H groups in total. The van der Waals surface area contributed by atoms with Gasteiger partial charge in [-0.3, -0.25) is 4.68 Å². The summed E-state index contributed by atoms with van der Waals surface area (Å²) in [7, 11) is 1.85. The fourth-order valence-electron chi connectivity index (χ4n) is 1.16. The highest BCUT2D eigenvalue weighted by atomic mass is 15.3. The van der Waals surface area contributed by atoms with Crippen molar-refractivity contribution in [2.24, 2.45) is 12.8 Å².